The summed E-state index contributed by atoms with van der Waals surface area (Å²) in [5.74, 6) is 0. The lowest BCUT2D eigenvalue weighted by Crippen LogP contribution is -2.49. The summed E-state index contributed by atoms with van der Waals surface area (Å²) in [6.07, 6.45) is 0. The Morgan fingerprint density at radius 1 is 0.240 bits per heavy atom. The maximum atomic E-state index is 6.30. The molecule has 0 saturated carbocycles. The lowest BCUT2D eigenvalue weighted by Gasteiger charge is -2.26. The highest BCUT2D eigenvalue weighted by Crippen LogP contribution is 2.44. The van der Waals surface area contributed by atoms with Crippen molar-refractivity contribution in [2.75, 3.05) is 49.4 Å². The third kappa shape index (κ3) is 14.0. The van der Waals surface area contributed by atoms with Crippen molar-refractivity contribution in [1.82, 2.24) is 9.13 Å². The molecule has 12 aromatic carbocycles. The van der Waals surface area contributed by atoms with E-state index in [1.165, 1.54) is 0 Å². The van der Waals surface area contributed by atoms with Gasteiger partial charge in [0, 0.05) is 107 Å². The Morgan fingerprint density at radius 3 is 0.810 bits per heavy atom. The fourth-order valence-electron chi connectivity index (χ4n) is 13.5. The SMILES string of the molecule is CCO[Si](OCC)(OCC)OCc1ccc(-c2ccc3c(c2)c2cc(N(c4ccccc4)c4ccc(-c5ccc(N(c6ccccc6)c6ccc7c(c6)c6cc(-c8ccc(CO[Si](OCC)(OCC)OCC)cc8)ccc6n7-c6ccccc6)cc5)cc4)ccc2n3-c2ccccc2)cc1. The van der Waals surface area contributed by atoms with Crippen LogP contribution in [-0.2, 0) is 48.6 Å². The number of hydrogen-bond donors (Lipinski definition) is 0. The molecule has 12 nitrogen and oxygen atoms in total. The highest BCUT2D eigenvalue weighted by molar-refractivity contribution is 6.53. The van der Waals surface area contributed by atoms with E-state index >= 15 is 0 Å². The van der Waals surface area contributed by atoms with E-state index in [9.17, 15) is 0 Å². The fraction of sp³-hybridized carbons (Fsp3) is 0.163. The fourth-order valence-corrected chi connectivity index (χ4v) is 17.3. The van der Waals surface area contributed by atoms with Gasteiger partial charge in [-0.1, -0.05) is 158 Å². The van der Waals surface area contributed by atoms with E-state index in [1.807, 2.05) is 41.5 Å². The molecule has 0 aliphatic heterocycles. The zero-order valence-corrected chi connectivity index (χ0v) is 59.4. The van der Waals surface area contributed by atoms with Crippen LogP contribution in [0.3, 0.4) is 0 Å². The number of benzene rings is 12. The van der Waals surface area contributed by atoms with Gasteiger partial charge in [-0.05, 0) is 220 Å². The average Bonchev–Trinajstić information content (AvgIpc) is 1.59. The summed E-state index contributed by atoms with van der Waals surface area (Å²) in [5, 5.41) is 4.61. The first kappa shape index (κ1) is 67.2. The maximum absolute atomic E-state index is 6.30. The van der Waals surface area contributed by atoms with Crippen LogP contribution in [0, 0.1) is 0 Å². The Hall–Kier alpha value is -10.0. The Labute approximate surface area is 588 Å². The lowest BCUT2D eigenvalue weighted by molar-refractivity contribution is -0.0328. The minimum Gasteiger partial charge on any atom is -0.351 e. The predicted molar refractivity (Wildman–Crippen MR) is 412 cm³/mol. The standard InChI is InChI=1S/C86H82N4O8Si2/c1-7-91-99(92-8-2,93-9-3)97-61-63-33-37-67(38-34-63)69-45-53-83-79(57-69)81-59-77(51-55-85(81)89(83)73-29-21-15-22-30-73)87(71-25-17-13-18-26-71)75-47-41-65(42-48-75)66-43-49-76(50-44-66)88(72-27-19-14-20-28-72)78-52-56-86-82(60-78)80-58-70(46-54-84(80)90(86)74-31-23-16-24-32-74)68-39-35-64(36-40-68)62-98-100(94-10-4,95-11-5)96-12-6/h13-60H,7-12,61-62H2,1-6H3. The van der Waals surface area contributed by atoms with Gasteiger partial charge in [0.25, 0.3) is 0 Å². The molecule has 0 fully saturated rings. The maximum Gasteiger partial charge on any atom is 0.679 e. The van der Waals surface area contributed by atoms with Gasteiger partial charge in [0.15, 0.2) is 0 Å². The van der Waals surface area contributed by atoms with E-state index in [2.05, 4.69) is 310 Å². The summed E-state index contributed by atoms with van der Waals surface area (Å²) in [4.78, 5) is 4.71. The van der Waals surface area contributed by atoms with Gasteiger partial charge in [-0.2, -0.15) is 0 Å². The molecule has 2 aromatic heterocycles. The van der Waals surface area contributed by atoms with E-state index in [0.717, 1.165) is 134 Å². The predicted octanol–water partition coefficient (Wildman–Crippen LogP) is 21.9. The average molecular weight is 1360 g/mol. The number of hydrogen-bond acceptors (Lipinski definition) is 10. The third-order valence-electron chi connectivity index (χ3n) is 18.0. The first-order chi connectivity index (χ1) is 49.2. The molecule has 14 aromatic rings. The van der Waals surface area contributed by atoms with Crippen LogP contribution < -0.4 is 9.80 Å². The first-order valence-corrected chi connectivity index (χ1v) is 38.0. The quantitative estimate of drug-likeness (QED) is 0.0422. The van der Waals surface area contributed by atoms with E-state index < -0.39 is 18.1 Å². The second-order valence-electron chi connectivity index (χ2n) is 24.2. The molecule has 14 rings (SSSR count). The van der Waals surface area contributed by atoms with Gasteiger partial charge in [-0.15, -0.1) is 0 Å². The molecule has 0 unspecified atom stereocenters. The Kier molecular flexibility index (Phi) is 20.6. The molecule has 0 spiro atoms. The van der Waals surface area contributed by atoms with Crippen LogP contribution in [0.2, 0.25) is 0 Å². The smallest absolute Gasteiger partial charge is 0.351 e. The molecule has 2 heterocycles. The largest absolute Gasteiger partial charge is 0.679 e. The molecule has 0 aliphatic rings. The zero-order valence-electron chi connectivity index (χ0n) is 57.4. The second-order valence-corrected chi connectivity index (χ2v) is 28.5. The van der Waals surface area contributed by atoms with Gasteiger partial charge in [-0.3, -0.25) is 0 Å². The minimum atomic E-state index is -3.28. The van der Waals surface area contributed by atoms with Crippen LogP contribution in [-0.4, -0.2) is 66.9 Å². The topological polar surface area (TPSA) is 90.2 Å². The molecule has 0 bridgehead atoms. The van der Waals surface area contributed by atoms with Gasteiger partial charge in [0.1, 0.15) is 0 Å². The number of anilines is 6. The summed E-state index contributed by atoms with van der Waals surface area (Å²) in [7, 11) is -6.56. The molecule has 0 saturated heterocycles. The Morgan fingerprint density at radius 2 is 0.490 bits per heavy atom. The van der Waals surface area contributed by atoms with Crippen molar-refractivity contribution in [3.05, 3.63) is 302 Å². The van der Waals surface area contributed by atoms with Crippen LogP contribution in [0.1, 0.15) is 52.7 Å². The normalized spacial score (nSPS) is 11.9. The Bertz CT molecular complexity index is 4690. The van der Waals surface area contributed by atoms with E-state index in [4.69, 9.17) is 35.4 Å². The summed E-state index contributed by atoms with van der Waals surface area (Å²) in [6.45, 7) is 14.9. The van der Waals surface area contributed by atoms with Gasteiger partial charge < -0.3 is 54.3 Å². The zero-order chi connectivity index (χ0) is 68.4. The molecule has 100 heavy (non-hydrogen) atoms. The number of rotatable bonds is 29. The van der Waals surface area contributed by atoms with Crippen LogP contribution in [0.4, 0.5) is 34.1 Å². The summed E-state index contributed by atoms with van der Waals surface area (Å²) >= 11 is 0. The second kappa shape index (κ2) is 30.6. The molecule has 502 valence electrons. The van der Waals surface area contributed by atoms with E-state index in [0.29, 0.717) is 52.9 Å². The van der Waals surface area contributed by atoms with Crippen molar-refractivity contribution < 1.29 is 35.4 Å². The summed E-state index contributed by atoms with van der Waals surface area (Å²) in [6, 6.07) is 105. The third-order valence-corrected chi connectivity index (χ3v) is 22.8. The first-order valence-electron chi connectivity index (χ1n) is 34.7. The number of aromatic nitrogens is 2. The van der Waals surface area contributed by atoms with Crippen LogP contribution >= 0.6 is 0 Å². The van der Waals surface area contributed by atoms with Gasteiger partial charge in [0.05, 0.1) is 35.3 Å². The van der Waals surface area contributed by atoms with Crippen LogP contribution in [0.5, 0.6) is 0 Å². The van der Waals surface area contributed by atoms with Gasteiger partial charge in [-0.25, -0.2) is 0 Å². The van der Waals surface area contributed by atoms with E-state index in [-0.39, 0.29) is 0 Å². The molecule has 0 N–H and O–H groups in total. The van der Waals surface area contributed by atoms with Crippen molar-refractivity contribution in [3.8, 4) is 44.8 Å². The van der Waals surface area contributed by atoms with Crippen molar-refractivity contribution in [2.45, 2.75) is 54.8 Å². The van der Waals surface area contributed by atoms with Crippen LogP contribution in [0.15, 0.2) is 291 Å². The molecule has 0 aliphatic carbocycles. The Balaban J connectivity index is 0.774. The van der Waals surface area contributed by atoms with E-state index in [1.54, 1.807) is 0 Å². The summed E-state index contributed by atoms with van der Waals surface area (Å²) < 4.78 is 53.2. The van der Waals surface area contributed by atoms with Crippen molar-refractivity contribution >= 4 is 95.8 Å². The highest BCUT2D eigenvalue weighted by atomic mass is 28.4. The number of para-hydroxylation sites is 4. The van der Waals surface area contributed by atoms with Crippen molar-refractivity contribution in [1.29, 1.82) is 0 Å². The molecule has 0 atom stereocenters. The van der Waals surface area contributed by atoms with Crippen molar-refractivity contribution in [2.24, 2.45) is 0 Å². The van der Waals surface area contributed by atoms with Crippen LogP contribution in [0.25, 0.3) is 88.4 Å². The van der Waals surface area contributed by atoms with Crippen molar-refractivity contribution in [3.63, 3.8) is 0 Å². The molecular formula is C86H82N4O8Si2. The molecule has 0 radical (unpaired) electrons. The molecular weight excluding hydrogens is 1270 g/mol. The highest BCUT2D eigenvalue weighted by Gasteiger charge is 2.46. The number of fused-ring (bicyclic) bond motifs is 6. The minimum absolute atomic E-state index is 0.314. The lowest BCUT2D eigenvalue weighted by atomic mass is 10.0. The number of nitrogens with zero attached hydrogens (tertiary/aromatic N) is 4. The van der Waals surface area contributed by atoms with Gasteiger partial charge >= 0.3 is 18.1 Å². The molecule has 0 amide bonds. The summed E-state index contributed by atoms with van der Waals surface area (Å²) in [5.41, 5.74) is 21.7. The van der Waals surface area contributed by atoms with Gasteiger partial charge in [0.2, 0.25) is 0 Å². The molecule has 14 heteroatoms. The monoisotopic (exact) mass is 1350 g/mol.